The van der Waals surface area contributed by atoms with Crippen LogP contribution in [0.2, 0.25) is 0 Å². The third-order valence-electron chi connectivity index (χ3n) is 4.14. The quantitative estimate of drug-likeness (QED) is 0.771. The van der Waals surface area contributed by atoms with Crippen LogP contribution in [0.15, 0.2) is 12.1 Å². The Hall–Kier alpha value is -1.35. The van der Waals surface area contributed by atoms with E-state index in [0.29, 0.717) is 6.42 Å². The molecule has 3 heteroatoms. The number of ether oxygens (including phenoxy) is 1. The SMILES string of the molecule is Cc1cc2c(cc1C)[C@H](C1CCC(=O)O1)NCC2. The molecule has 0 bridgehead atoms. The van der Waals surface area contributed by atoms with Crippen molar-refractivity contribution in [2.24, 2.45) is 0 Å². The Morgan fingerprint density at radius 3 is 2.72 bits per heavy atom. The normalized spacial score (nSPS) is 26.9. The van der Waals surface area contributed by atoms with E-state index in [1.54, 1.807) is 0 Å². The lowest BCUT2D eigenvalue weighted by atomic mass is 9.87. The summed E-state index contributed by atoms with van der Waals surface area (Å²) in [7, 11) is 0. The summed E-state index contributed by atoms with van der Waals surface area (Å²) in [5.41, 5.74) is 5.39. The van der Waals surface area contributed by atoms with Crippen molar-refractivity contribution in [1.82, 2.24) is 5.32 Å². The van der Waals surface area contributed by atoms with Crippen molar-refractivity contribution in [3.63, 3.8) is 0 Å². The lowest BCUT2D eigenvalue weighted by molar-refractivity contribution is -0.142. The third kappa shape index (κ3) is 1.93. The molecule has 2 aliphatic heterocycles. The van der Waals surface area contributed by atoms with Crippen LogP contribution < -0.4 is 5.32 Å². The summed E-state index contributed by atoms with van der Waals surface area (Å²) in [6, 6.07) is 4.72. The van der Waals surface area contributed by atoms with Crippen molar-refractivity contribution in [1.29, 1.82) is 0 Å². The van der Waals surface area contributed by atoms with Crippen LogP contribution >= 0.6 is 0 Å². The lowest BCUT2D eigenvalue weighted by Crippen LogP contribution is -2.37. The first-order valence-electron chi connectivity index (χ1n) is 6.68. The maximum absolute atomic E-state index is 11.3. The highest BCUT2D eigenvalue weighted by molar-refractivity contribution is 5.71. The smallest absolute Gasteiger partial charge is 0.306 e. The first-order valence-corrected chi connectivity index (χ1v) is 6.68. The second-order valence-electron chi connectivity index (χ2n) is 5.38. The van der Waals surface area contributed by atoms with Gasteiger partial charge in [0.15, 0.2) is 0 Å². The number of benzene rings is 1. The number of rotatable bonds is 1. The summed E-state index contributed by atoms with van der Waals surface area (Å²) in [4.78, 5) is 11.3. The van der Waals surface area contributed by atoms with Crippen LogP contribution in [0.4, 0.5) is 0 Å². The van der Waals surface area contributed by atoms with Crippen LogP contribution in [-0.4, -0.2) is 18.6 Å². The van der Waals surface area contributed by atoms with Crippen molar-refractivity contribution in [2.45, 2.75) is 45.3 Å². The van der Waals surface area contributed by atoms with Crippen molar-refractivity contribution in [3.8, 4) is 0 Å². The molecular formula is C15H19NO2. The van der Waals surface area contributed by atoms with Gasteiger partial charge in [-0.15, -0.1) is 0 Å². The summed E-state index contributed by atoms with van der Waals surface area (Å²) in [6.45, 7) is 5.26. The molecule has 18 heavy (non-hydrogen) atoms. The topological polar surface area (TPSA) is 38.3 Å². The van der Waals surface area contributed by atoms with Gasteiger partial charge in [-0.3, -0.25) is 4.79 Å². The standard InChI is InChI=1S/C15H19NO2/c1-9-7-11-5-6-16-15(12(11)8-10(9)2)13-3-4-14(17)18-13/h7-8,13,15-16H,3-6H2,1-2H3/t13?,15-/m1/s1. The second kappa shape index (κ2) is 4.39. The second-order valence-corrected chi connectivity index (χ2v) is 5.38. The number of hydrogen-bond acceptors (Lipinski definition) is 3. The molecule has 0 aromatic heterocycles. The molecule has 0 spiro atoms. The zero-order chi connectivity index (χ0) is 12.7. The van der Waals surface area contributed by atoms with Crippen LogP contribution in [0, 0.1) is 13.8 Å². The monoisotopic (exact) mass is 245 g/mol. The maximum atomic E-state index is 11.3. The highest BCUT2D eigenvalue weighted by Gasteiger charge is 2.34. The summed E-state index contributed by atoms with van der Waals surface area (Å²) >= 11 is 0. The highest BCUT2D eigenvalue weighted by atomic mass is 16.5. The third-order valence-corrected chi connectivity index (χ3v) is 4.14. The summed E-state index contributed by atoms with van der Waals surface area (Å²) in [5, 5.41) is 3.51. The minimum atomic E-state index is -0.0576. The molecule has 1 N–H and O–H groups in total. The Kier molecular flexibility index (Phi) is 2.86. The molecule has 1 fully saturated rings. The van der Waals surface area contributed by atoms with E-state index in [1.807, 2.05) is 0 Å². The Labute approximate surface area is 108 Å². The van der Waals surface area contributed by atoms with Gasteiger partial charge in [-0.2, -0.15) is 0 Å². The largest absolute Gasteiger partial charge is 0.460 e. The Balaban J connectivity index is 1.96. The molecule has 0 amide bonds. The van der Waals surface area contributed by atoms with Crippen molar-refractivity contribution in [2.75, 3.05) is 6.54 Å². The minimum Gasteiger partial charge on any atom is -0.460 e. The number of cyclic esters (lactones) is 1. The van der Waals surface area contributed by atoms with E-state index in [4.69, 9.17) is 4.74 Å². The molecule has 2 atom stereocenters. The molecule has 2 heterocycles. The average molecular weight is 245 g/mol. The van der Waals surface area contributed by atoms with Crippen LogP contribution in [0.5, 0.6) is 0 Å². The fourth-order valence-electron chi connectivity index (χ4n) is 2.99. The Morgan fingerprint density at radius 2 is 2.00 bits per heavy atom. The van der Waals surface area contributed by atoms with E-state index in [9.17, 15) is 4.79 Å². The van der Waals surface area contributed by atoms with Gasteiger partial charge in [0.05, 0.1) is 6.04 Å². The molecule has 1 unspecified atom stereocenters. The first kappa shape index (κ1) is 11.7. The van der Waals surface area contributed by atoms with E-state index < -0.39 is 0 Å². The van der Waals surface area contributed by atoms with Crippen molar-refractivity contribution < 1.29 is 9.53 Å². The average Bonchev–Trinajstić information content (AvgIpc) is 2.77. The minimum absolute atomic E-state index is 0.0126. The predicted octanol–water partition coefficient (Wildman–Crippen LogP) is 2.20. The molecule has 3 rings (SSSR count). The van der Waals surface area contributed by atoms with Gasteiger partial charge in [0, 0.05) is 6.42 Å². The van der Waals surface area contributed by atoms with E-state index in [1.165, 1.54) is 22.3 Å². The summed E-state index contributed by atoms with van der Waals surface area (Å²) < 4.78 is 5.43. The van der Waals surface area contributed by atoms with Gasteiger partial charge in [-0.1, -0.05) is 12.1 Å². The number of carbonyl (C=O) groups excluding carboxylic acids is 1. The van der Waals surface area contributed by atoms with Crippen LogP contribution in [0.25, 0.3) is 0 Å². The number of aryl methyl sites for hydroxylation is 2. The molecule has 0 aliphatic carbocycles. The van der Waals surface area contributed by atoms with Gasteiger partial charge in [-0.05, 0) is 55.5 Å². The number of esters is 1. The van der Waals surface area contributed by atoms with Gasteiger partial charge >= 0.3 is 5.97 Å². The van der Waals surface area contributed by atoms with Crippen LogP contribution in [-0.2, 0) is 16.0 Å². The molecule has 1 aromatic rings. The zero-order valence-electron chi connectivity index (χ0n) is 11.0. The number of carbonyl (C=O) groups is 1. The Morgan fingerprint density at radius 1 is 1.22 bits per heavy atom. The zero-order valence-corrected chi connectivity index (χ0v) is 11.0. The van der Waals surface area contributed by atoms with Crippen molar-refractivity contribution in [3.05, 3.63) is 34.4 Å². The lowest BCUT2D eigenvalue weighted by Gasteiger charge is -2.31. The first-order chi connectivity index (χ1) is 8.65. The molecule has 96 valence electrons. The van der Waals surface area contributed by atoms with Gasteiger partial charge in [0.1, 0.15) is 6.10 Å². The molecule has 2 aliphatic rings. The molecule has 0 saturated carbocycles. The van der Waals surface area contributed by atoms with E-state index in [0.717, 1.165) is 19.4 Å². The molecule has 0 radical (unpaired) electrons. The van der Waals surface area contributed by atoms with E-state index in [-0.39, 0.29) is 18.1 Å². The number of fused-ring (bicyclic) bond motifs is 1. The summed E-state index contributed by atoms with van der Waals surface area (Å²) in [6.07, 6.45) is 2.47. The van der Waals surface area contributed by atoms with Gasteiger partial charge in [0.2, 0.25) is 0 Å². The molecule has 1 saturated heterocycles. The maximum Gasteiger partial charge on any atom is 0.306 e. The van der Waals surface area contributed by atoms with Gasteiger partial charge in [-0.25, -0.2) is 0 Å². The summed E-state index contributed by atoms with van der Waals surface area (Å²) in [5.74, 6) is -0.0576. The fraction of sp³-hybridized carbons (Fsp3) is 0.533. The van der Waals surface area contributed by atoms with Crippen molar-refractivity contribution >= 4 is 5.97 Å². The van der Waals surface area contributed by atoms with Crippen LogP contribution in [0.3, 0.4) is 0 Å². The molecule has 1 aromatic carbocycles. The Bertz CT molecular complexity index is 496. The highest BCUT2D eigenvalue weighted by Crippen LogP contribution is 2.33. The number of hydrogen-bond donors (Lipinski definition) is 1. The van der Waals surface area contributed by atoms with E-state index in [2.05, 4.69) is 31.3 Å². The van der Waals surface area contributed by atoms with Gasteiger partial charge < -0.3 is 10.1 Å². The van der Waals surface area contributed by atoms with Gasteiger partial charge in [0.25, 0.3) is 0 Å². The molecule has 3 nitrogen and oxygen atoms in total. The van der Waals surface area contributed by atoms with Crippen LogP contribution in [0.1, 0.15) is 41.1 Å². The number of nitrogens with one attached hydrogen (secondary N) is 1. The fourth-order valence-corrected chi connectivity index (χ4v) is 2.99. The molecular weight excluding hydrogens is 226 g/mol. The van der Waals surface area contributed by atoms with E-state index >= 15 is 0 Å². The predicted molar refractivity (Wildman–Crippen MR) is 69.5 cm³/mol.